The Labute approximate surface area is 121 Å². The number of rotatable bonds is 11. The molecule has 6 nitrogen and oxygen atoms in total. The molecule has 118 valence electrons. The minimum atomic E-state index is -0.861. The number of carbonyl (C=O) groups is 2. The van der Waals surface area contributed by atoms with E-state index >= 15 is 0 Å². The van der Waals surface area contributed by atoms with Crippen LogP contribution in [-0.2, 0) is 9.53 Å². The van der Waals surface area contributed by atoms with E-state index in [9.17, 15) is 9.59 Å². The van der Waals surface area contributed by atoms with Gasteiger partial charge in [-0.3, -0.25) is 4.79 Å². The summed E-state index contributed by atoms with van der Waals surface area (Å²) in [4.78, 5) is 24.3. The lowest BCUT2D eigenvalue weighted by Gasteiger charge is -2.18. The lowest BCUT2D eigenvalue weighted by atomic mass is 10.1. The van der Waals surface area contributed by atoms with E-state index in [2.05, 4.69) is 17.1 Å². The lowest BCUT2D eigenvalue weighted by Crippen LogP contribution is -2.35. The third kappa shape index (κ3) is 10.6. The highest BCUT2D eigenvalue weighted by Gasteiger charge is 2.15. The average Bonchev–Trinajstić information content (AvgIpc) is 2.41. The van der Waals surface area contributed by atoms with Crippen molar-refractivity contribution in [2.24, 2.45) is 0 Å². The highest BCUT2D eigenvalue weighted by atomic mass is 16.6. The Hall–Kier alpha value is -1.30. The summed E-state index contributed by atoms with van der Waals surface area (Å²) in [5.41, 5.74) is 0. The van der Waals surface area contributed by atoms with Crippen LogP contribution in [0.5, 0.6) is 0 Å². The van der Waals surface area contributed by atoms with Crippen LogP contribution in [0, 0.1) is 0 Å². The fraction of sp³-hybridized carbons (Fsp3) is 0.857. The Morgan fingerprint density at radius 3 is 2.55 bits per heavy atom. The molecule has 2 N–H and O–H groups in total. The summed E-state index contributed by atoms with van der Waals surface area (Å²) >= 11 is 0. The maximum Gasteiger partial charge on any atom is 0.407 e. The SMILES string of the molecule is CCCCC(CCC(=O)O)OC(=O)NCCN(C)CC. The second-order valence-electron chi connectivity index (χ2n) is 4.92. The zero-order valence-electron chi connectivity index (χ0n) is 12.9. The Kier molecular flexibility index (Phi) is 10.8. The van der Waals surface area contributed by atoms with Gasteiger partial charge in [0.05, 0.1) is 0 Å². The van der Waals surface area contributed by atoms with Gasteiger partial charge in [-0.2, -0.15) is 0 Å². The van der Waals surface area contributed by atoms with Gasteiger partial charge < -0.3 is 20.1 Å². The minimum absolute atomic E-state index is 0.0280. The molecule has 0 aliphatic rings. The van der Waals surface area contributed by atoms with E-state index < -0.39 is 12.1 Å². The molecule has 0 heterocycles. The molecule has 0 saturated carbocycles. The van der Waals surface area contributed by atoms with Crippen molar-refractivity contribution in [2.75, 3.05) is 26.7 Å². The molecule has 20 heavy (non-hydrogen) atoms. The first kappa shape index (κ1) is 18.7. The molecule has 1 unspecified atom stereocenters. The third-order valence-corrected chi connectivity index (χ3v) is 3.14. The number of carboxylic acids is 1. The molecule has 0 aromatic rings. The molecule has 0 aromatic heterocycles. The van der Waals surface area contributed by atoms with Crippen molar-refractivity contribution in [1.29, 1.82) is 0 Å². The molecule has 0 aromatic carbocycles. The van der Waals surface area contributed by atoms with Gasteiger partial charge in [0.25, 0.3) is 0 Å². The number of amides is 1. The number of ether oxygens (including phenoxy) is 1. The monoisotopic (exact) mass is 288 g/mol. The van der Waals surface area contributed by atoms with Crippen LogP contribution in [0.2, 0.25) is 0 Å². The molecule has 0 radical (unpaired) electrons. The largest absolute Gasteiger partial charge is 0.481 e. The van der Waals surface area contributed by atoms with Gasteiger partial charge in [0.15, 0.2) is 0 Å². The van der Waals surface area contributed by atoms with Gasteiger partial charge in [0.2, 0.25) is 0 Å². The van der Waals surface area contributed by atoms with Crippen LogP contribution in [0.1, 0.15) is 46.0 Å². The van der Waals surface area contributed by atoms with Gasteiger partial charge in [-0.05, 0) is 26.4 Å². The van der Waals surface area contributed by atoms with Gasteiger partial charge in [0, 0.05) is 19.5 Å². The van der Waals surface area contributed by atoms with E-state index in [0.29, 0.717) is 19.4 Å². The third-order valence-electron chi connectivity index (χ3n) is 3.14. The van der Waals surface area contributed by atoms with Crippen LogP contribution in [0.25, 0.3) is 0 Å². The van der Waals surface area contributed by atoms with Crippen LogP contribution in [0.3, 0.4) is 0 Å². The van der Waals surface area contributed by atoms with Gasteiger partial charge in [-0.15, -0.1) is 0 Å². The van der Waals surface area contributed by atoms with Crippen LogP contribution >= 0.6 is 0 Å². The number of nitrogens with zero attached hydrogens (tertiary/aromatic N) is 1. The number of alkyl carbamates (subject to hydrolysis) is 1. The molecular weight excluding hydrogens is 260 g/mol. The normalized spacial score (nSPS) is 12.2. The highest BCUT2D eigenvalue weighted by molar-refractivity contribution is 5.68. The maximum atomic E-state index is 11.6. The Morgan fingerprint density at radius 1 is 1.30 bits per heavy atom. The van der Waals surface area contributed by atoms with Crippen molar-refractivity contribution in [2.45, 2.75) is 52.1 Å². The number of carbonyl (C=O) groups excluding carboxylic acids is 1. The van der Waals surface area contributed by atoms with Crippen molar-refractivity contribution in [3.05, 3.63) is 0 Å². The Balaban J connectivity index is 4.00. The first-order valence-electron chi connectivity index (χ1n) is 7.34. The number of aliphatic carboxylic acids is 1. The van der Waals surface area contributed by atoms with Gasteiger partial charge in [0.1, 0.15) is 6.10 Å². The molecule has 0 bridgehead atoms. The van der Waals surface area contributed by atoms with Crippen LogP contribution in [0.15, 0.2) is 0 Å². The fourth-order valence-electron chi connectivity index (χ4n) is 1.68. The van der Waals surface area contributed by atoms with Crippen LogP contribution in [-0.4, -0.2) is 54.9 Å². The fourth-order valence-corrected chi connectivity index (χ4v) is 1.68. The van der Waals surface area contributed by atoms with Crippen molar-refractivity contribution in [3.8, 4) is 0 Å². The van der Waals surface area contributed by atoms with Crippen molar-refractivity contribution < 1.29 is 19.4 Å². The number of hydrogen-bond acceptors (Lipinski definition) is 4. The molecule has 0 aliphatic heterocycles. The summed E-state index contributed by atoms with van der Waals surface area (Å²) in [6.07, 6.45) is 2.27. The standard InChI is InChI=1S/C14H28N2O4/c1-4-6-7-12(8-9-13(17)18)20-14(19)15-10-11-16(3)5-2/h12H,4-11H2,1-3H3,(H,15,19)(H,17,18). The number of unbranched alkanes of at least 4 members (excludes halogenated alkanes) is 1. The second-order valence-corrected chi connectivity index (χ2v) is 4.92. The summed E-state index contributed by atoms with van der Waals surface area (Å²) in [6.45, 7) is 6.32. The molecule has 0 saturated heterocycles. The lowest BCUT2D eigenvalue weighted by molar-refractivity contribution is -0.137. The van der Waals surface area contributed by atoms with E-state index in [-0.39, 0.29) is 12.5 Å². The molecule has 1 amide bonds. The molecule has 6 heteroatoms. The number of hydrogen-bond donors (Lipinski definition) is 2. The number of carboxylic acid groups (broad SMARTS) is 1. The molecule has 0 fully saturated rings. The molecule has 0 aliphatic carbocycles. The van der Waals surface area contributed by atoms with Gasteiger partial charge in [-0.25, -0.2) is 4.79 Å². The molecule has 0 spiro atoms. The van der Waals surface area contributed by atoms with Crippen molar-refractivity contribution >= 4 is 12.1 Å². The quantitative estimate of drug-likeness (QED) is 0.608. The van der Waals surface area contributed by atoms with E-state index in [1.807, 2.05) is 14.0 Å². The predicted molar refractivity (Wildman–Crippen MR) is 77.8 cm³/mol. The zero-order chi connectivity index (χ0) is 15.4. The smallest absolute Gasteiger partial charge is 0.407 e. The van der Waals surface area contributed by atoms with Crippen LogP contribution < -0.4 is 5.32 Å². The van der Waals surface area contributed by atoms with Crippen molar-refractivity contribution in [1.82, 2.24) is 10.2 Å². The highest BCUT2D eigenvalue weighted by Crippen LogP contribution is 2.11. The van der Waals surface area contributed by atoms with Gasteiger partial charge in [-0.1, -0.05) is 26.7 Å². The summed E-state index contributed by atoms with van der Waals surface area (Å²) < 4.78 is 5.29. The second kappa shape index (κ2) is 11.5. The summed E-state index contributed by atoms with van der Waals surface area (Å²) in [5, 5.41) is 11.4. The molecule has 0 rings (SSSR count). The number of nitrogens with one attached hydrogen (secondary N) is 1. The Morgan fingerprint density at radius 2 is 2.00 bits per heavy atom. The Bertz CT molecular complexity index is 284. The summed E-state index contributed by atoms with van der Waals surface area (Å²) in [7, 11) is 1.98. The minimum Gasteiger partial charge on any atom is -0.481 e. The first-order chi connectivity index (χ1) is 9.49. The maximum absolute atomic E-state index is 11.6. The van der Waals surface area contributed by atoms with E-state index in [0.717, 1.165) is 25.9 Å². The van der Waals surface area contributed by atoms with Gasteiger partial charge >= 0.3 is 12.1 Å². The van der Waals surface area contributed by atoms with Crippen LogP contribution in [0.4, 0.5) is 4.79 Å². The first-order valence-corrected chi connectivity index (χ1v) is 7.34. The predicted octanol–water partition coefficient (Wildman–Crippen LogP) is 2.09. The van der Waals surface area contributed by atoms with E-state index in [1.165, 1.54) is 0 Å². The summed E-state index contributed by atoms with van der Waals surface area (Å²) in [5.74, 6) is -0.861. The molecular formula is C14H28N2O4. The average molecular weight is 288 g/mol. The zero-order valence-corrected chi connectivity index (χ0v) is 12.9. The van der Waals surface area contributed by atoms with E-state index in [4.69, 9.17) is 9.84 Å². The number of likely N-dealkylation sites (N-methyl/N-ethyl adjacent to an activating group) is 1. The summed E-state index contributed by atoms with van der Waals surface area (Å²) in [6, 6.07) is 0. The van der Waals surface area contributed by atoms with E-state index in [1.54, 1.807) is 0 Å². The topological polar surface area (TPSA) is 78.9 Å². The molecule has 1 atom stereocenters. The van der Waals surface area contributed by atoms with Crippen molar-refractivity contribution in [3.63, 3.8) is 0 Å².